The first-order valence-electron chi connectivity index (χ1n) is 10.5. The minimum atomic E-state index is 0. The molecule has 2 aromatic carbocycles. The van der Waals surface area contributed by atoms with E-state index in [9.17, 15) is 0 Å². The van der Waals surface area contributed by atoms with Crippen molar-refractivity contribution in [2.24, 2.45) is 0 Å². The van der Waals surface area contributed by atoms with Gasteiger partial charge in [0.1, 0.15) is 24.7 Å². The van der Waals surface area contributed by atoms with Gasteiger partial charge in [0.2, 0.25) is 0 Å². The van der Waals surface area contributed by atoms with Gasteiger partial charge in [-0.25, -0.2) is 0 Å². The molecule has 0 bridgehead atoms. The maximum absolute atomic E-state index is 5.73. The maximum Gasteiger partial charge on any atom is 0.119 e. The summed E-state index contributed by atoms with van der Waals surface area (Å²) < 4.78 is 11.8. The van der Waals surface area contributed by atoms with Crippen LogP contribution in [0.5, 0.6) is 11.5 Å². The number of rotatable bonds is 15. The topological polar surface area (TPSA) is 42.5 Å². The number of hydrogen-bond donors (Lipinski definition) is 2. The molecule has 0 spiro atoms. The zero-order chi connectivity index (χ0) is 21.7. The van der Waals surface area contributed by atoms with Gasteiger partial charge in [-0.3, -0.25) is 0 Å². The first-order valence-corrected chi connectivity index (χ1v) is 12.7. The van der Waals surface area contributed by atoms with Gasteiger partial charge in [0.25, 0.3) is 0 Å². The summed E-state index contributed by atoms with van der Waals surface area (Å²) in [6, 6.07) is 19.9. The first kappa shape index (κ1) is 31.2. The molecule has 0 atom stereocenters. The molecule has 0 unspecified atom stereocenters. The van der Waals surface area contributed by atoms with E-state index in [2.05, 4.69) is 38.3 Å². The summed E-state index contributed by atoms with van der Waals surface area (Å²) in [5.74, 6) is 1.85. The highest BCUT2D eigenvalue weighted by atomic mass is 35.5. The molecular weight excluding hydrogens is 483 g/mol. The summed E-state index contributed by atoms with van der Waals surface area (Å²) in [4.78, 5) is 0. The average Bonchev–Trinajstić information content (AvgIpc) is 2.73. The van der Waals surface area contributed by atoms with E-state index in [-0.39, 0.29) is 34.3 Å². The molecule has 32 heavy (non-hydrogen) atoms. The third-order valence-electron chi connectivity index (χ3n) is 4.18. The molecule has 8 heteroatoms. The molecule has 0 heterocycles. The Hall–Kier alpha value is -0.760. The molecule has 0 aliphatic heterocycles. The van der Waals surface area contributed by atoms with Crippen molar-refractivity contribution < 1.29 is 9.47 Å². The Bertz CT molecular complexity index is 646. The van der Waals surface area contributed by atoms with Crippen molar-refractivity contribution in [3.63, 3.8) is 0 Å². The molecule has 2 N–H and O–H groups in total. The van der Waals surface area contributed by atoms with Gasteiger partial charge in [-0.05, 0) is 52.0 Å². The molecule has 182 valence electrons. The molecule has 0 aliphatic rings. The largest absolute Gasteiger partial charge is 0.492 e. The molecule has 0 amide bonds. The fraction of sp³-hybridized carbons (Fsp3) is 0.500. The molecule has 0 saturated heterocycles. The standard InChI is InChI=1S/C24H36N2O2S2.2ClH/c1-23(2,19-25-15-17-27-21-11-7-5-8-12-21)29-30-24(3,4)20-26-16-18-28-22-13-9-6-10-14-22;;/h5-14,25-26H,15-20H2,1-4H3;2*1H. The second kappa shape index (κ2) is 16.8. The van der Waals surface area contributed by atoms with Crippen LogP contribution in [0.4, 0.5) is 0 Å². The third-order valence-corrected chi connectivity index (χ3v) is 8.41. The molecule has 0 saturated carbocycles. The van der Waals surface area contributed by atoms with Crippen LogP contribution in [0.2, 0.25) is 0 Å². The molecule has 4 nitrogen and oxygen atoms in total. The molecule has 2 rings (SSSR count). The summed E-state index contributed by atoms with van der Waals surface area (Å²) in [5.41, 5.74) is 0. The van der Waals surface area contributed by atoms with Gasteiger partial charge in [0.05, 0.1) is 0 Å². The third kappa shape index (κ3) is 14.4. The molecule has 2 aromatic rings. The van der Waals surface area contributed by atoms with Gasteiger partial charge in [0.15, 0.2) is 0 Å². The lowest BCUT2D eigenvalue weighted by molar-refractivity contribution is 0.312. The number of ether oxygens (including phenoxy) is 2. The van der Waals surface area contributed by atoms with E-state index in [0.29, 0.717) is 13.2 Å². The molecular formula is C24H38Cl2N2O2S2. The summed E-state index contributed by atoms with van der Waals surface area (Å²) in [6.07, 6.45) is 0. The zero-order valence-corrected chi connectivity index (χ0v) is 22.7. The number of hydrogen-bond acceptors (Lipinski definition) is 6. The second-order valence-corrected chi connectivity index (χ2v) is 11.9. The van der Waals surface area contributed by atoms with E-state index in [0.717, 1.165) is 37.7 Å². The van der Waals surface area contributed by atoms with Gasteiger partial charge in [0, 0.05) is 35.7 Å². The number of halogens is 2. The smallest absolute Gasteiger partial charge is 0.119 e. The SMILES string of the molecule is CC(C)(CNCCOc1ccccc1)SSC(C)(C)CNCCOc1ccccc1.Cl.Cl. The molecule has 0 radical (unpaired) electrons. The number of benzene rings is 2. The van der Waals surface area contributed by atoms with Crippen LogP contribution in [-0.2, 0) is 0 Å². The molecule has 0 aliphatic carbocycles. The van der Waals surface area contributed by atoms with E-state index >= 15 is 0 Å². The predicted octanol–water partition coefficient (Wildman–Crippen LogP) is 6.11. The Labute approximate surface area is 214 Å². The van der Waals surface area contributed by atoms with Gasteiger partial charge >= 0.3 is 0 Å². The van der Waals surface area contributed by atoms with Gasteiger partial charge in [-0.2, -0.15) is 0 Å². The van der Waals surface area contributed by atoms with Crippen LogP contribution in [-0.4, -0.2) is 48.9 Å². The quantitative estimate of drug-likeness (QED) is 0.218. The van der Waals surface area contributed by atoms with E-state index in [1.807, 2.05) is 82.3 Å². The van der Waals surface area contributed by atoms with E-state index in [1.54, 1.807) is 0 Å². The van der Waals surface area contributed by atoms with Crippen molar-refractivity contribution in [1.82, 2.24) is 10.6 Å². The van der Waals surface area contributed by atoms with Gasteiger partial charge < -0.3 is 20.1 Å². The molecule has 0 aromatic heterocycles. The van der Waals surface area contributed by atoms with Crippen LogP contribution in [0.25, 0.3) is 0 Å². The fourth-order valence-corrected chi connectivity index (χ4v) is 5.06. The zero-order valence-electron chi connectivity index (χ0n) is 19.5. The van der Waals surface area contributed by atoms with Crippen LogP contribution >= 0.6 is 46.4 Å². The van der Waals surface area contributed by atoms with E-state index < -0.39 is 0 Å². The highest BCUT2D eigenvalue weighted by molar-refractivity contribution is 8.77. The number of nitrogens with one attached hydrogen (secondary N) is 2. The average molecular weight is 522 g/mol. The van der Waals surface area contributed by atoms with Crippen molar-refractivity contribution in [3.8, 4) is 11.5 Å². The lowest BCUT2D eigenvalue weighted by atomic mass is 10.2. The van der Waals surface area contributed by atoms with Crippen LogP contribution in [0.15, 0.2) is 60.7 Å². The van der Waals surface area contributed by atoms with Crippen molar-refractivity contribution in [3.05, 3.63) is 60.7 Å². The highest BCUT2D eigenvalue weighted by Crippen LogP contribution is 2.43. The maximum atomic E-state index is 5.73. The highest BCUT2D eigenvalue weighted by Gasteiger charge is 2.25. The monoisotopic (exact) mass is 520 g/mol. The van der Waals surface area contributed by atoms with Crippen LogP contribution < -0.4 is 20.1 Å². The first-order chi connectivity index (χ1) is 14.4. The summed E-state index contributed by atoms with van der Waals surface area (Å²) in [7, 11) is 3.89. The Balaban J connectivity index is 0.00000480. The van der Waals surface area contributed by atoms with Crippen molar-refractivity contribution in [2.75, 3.05) is 39.4 Å². The Morgan fingerprint density at radius 3 is 1.31 bits per heavy atom. The van der Waals surface area contributed by atoms with Crippen LogP contribution in [0.1, 0.15) is 27.7 Å². The second-order valence-electron chi connectivity index (χ2n) is 8.36. The summed E-state index contributed by atoms with van der Waals surface area (Å²) in [6.45, 7) is 14.1. The normalized spacial score (nSPS) is 11.2. The van der Waals surface area contributed by atoms with Gasteiger partial charge in [-0.15, -0.1) is 24.8 Å². The fourth-order valence-electron chi connectivity index (χ4n) is 2.58. The van der Waals surface area contributed by atoms with Gasteiger partial charge in [-0.1, -0.05) is 58.0 Å². The van der Waals surface area contributed by atoms with E-state index in [1.165, 1.54) is 0 Å². The Morgan fingerprint density at radius 1 is 0.625 bits per heavy atom. The van der Waals surface area contributed by atoms with Crippen molar-refractivity contribution >= 4 is 46.4 Å². The predicted molar refractivity (Wildman–Crippen MR) is 147 cm³/mol. The van der Waals surface area contributed by atoms with Crippen molar-refractivity contribution in [2.45, 2.75) is 37.2 Å². The molecule has 0 fully saturated rings. The van der Waals surface area contributed by atoms with E-state index in [4.69, 9.17) is 9.47 Å². The number of para-hydroxylation sites is 2. The summed E-state index contributed by atoms with van der Waals surface area (Å²) >= 11 is 0. The van der Waals surface area contributed by atoms with Crippen LogP contribution in [0.3, 0.4) is 0 Å². The minimum Gasteiger partial charge on any atom is -0.492 e. The van der Waals surface area contributed by atoms with Crippen LogP contribution in [0, 0.1) is 0 Å². The lowest BCUT2D eigenvalue weighted by Crippen LogP contribution is -2.37. The Kier molecular flexibility index (Phi) is 16.4. The lowest BCUT2D eigenvalue weighted by Gasteiger charge is -2.30. The minimum absolute atomic E-state index is 0. The summed E-state index contributed by atoms with van der Waals surface area (Å²) in [5, 5.41) is 7.03. The Morgan fingerprint density at radius 2 is 0.969 bits per heavy atom. The van der Waals surface area contributed by atoms with Crippen molar-refractivity contribution in [1.29, 1.82) is 0 Å².